The maximum absolute atomic E-state index is 5.25. The molecule has 3 nitrogen and oxygen atoms in total. The van der Waals surface area contributed by atoms with Gasteiger partial charge in [-0.05, 0) is 78.2 Å². The summed E-state index contributed by atoms with van der Waals surface area (Å²) in [5.41, 5.74) is 11.5. The van der Waals surface area contributed by atoms with Crippen molar-refractivity contribution in [3.63, 3.8) is 0 Å². The first-order chi connectivity index (χ1) is 23.7. The smallest absolute Gasteiger partial charge is 0.145 e. The van der Waals surface area contributed by atoms with Gasteiger partial charge in [-0.15, -0.1) is 11.3 Å². The molecular weight excluding hydrogens is 603 g/mol. The molecule has 0 N–H and O–H groups in total. The summed E-state index contributed by atoms with van der Waals surface area (Å²) < 4.78 is 7.35. The number of benzene rings is 7. The van der Waals surface area contributed by atoms with Gasteiger partial charge in [0.15, 0.2) is 0 Å². The Bertz CT molecular complexity index is 2850. The molecule has 0 unspecified atom stereocenters. The molecule has 4 heteroatoms. The Balaban J connectivity index is 1.18. The fourth-order valence-electron chi connectivity index (χ4n) is 7.45. The summed E-state index contributed by atoms with van der Waals surface area (Å²) in [4.78, 5) is 5.25. The molecule has 0 saturated carbocycles. The predicted molar refractivity (Wildman–Crippen MR) is 204 cm³/mol. The number of rotatable bonds is 4. The van der Waals surface area contributed by atoms with Crippen LogP contribution in [0.25, 0.3) is 86.9 Å². The van der Waals surface area contributed by atoms with Crippen molar-refractivity contribution in [1.29, 1.82) is 0 Å². The second-order valence-corrected chi connectivity index (χ2v) is 13.5. The molecule has 0 aliphatic heterocycles. The third-order valence-electron chi connectivity index (χ3n) is 9.65. The van der Waals surface area contributed by atoms with Crippen molar-refractivity contribution < 1.29 is 0 Å². The van der Waals surface area contributed by atoms with E-state index < -0.39 is 0 Å². The summed E-state index contributed by atoms with van der Waals surface area (Å²) in [6.45, 7) is 2.14. The Kier molecular flexibility index (Phi) is 5.96. The SMILES string of the molecule is Cc1cccc2c1nc(-c1cccc(-n3c4ccccc4c4cc(-c5cccc6c5sc5ccccc56)ccc43)c1)n2-c1ccccc1. The molecule has 0 aliphatic carbocycles. The lowest BCUT2D eigenvalue weighted by Gasteiger charge is -2.12. The minimum Gasteiger partial charge on any atom is -0.309 e. The van der Waals surface area contributed by atoms with E-state index >= 15 is 0 Å². The molecular formula is C44H29N3S. The highest BCUT2D eigenvalue weighted by Gasteiger charge is 2.19. The molecule has 226 valence electrons. The number of nitrogens with zero attached hydrogens (tertiary/aromatic N) is 3. The van der Waals surface area contributed by atoms with E-state index in [9.17, 15) is 0 Å². The minimum atomic E-state index is 0.937. The summed E-state index contributed by atoms with van der Waals surface area (Å²) >= 11 is 1.88. The molecule has 0 fully saturated rings. The van der Waals surface area contributed by atoms with E-state index in [0.29, 0.717) is 0 Å². The van der Waals surface area contributed by atoms with E-state index in [1.807, 2.05) is 11.3 Å². The topological polar surface area (TPSA) is 22.8 Å². The zero-order valence-corrected chi connectivity index (χ0v) is 27.1. The zero-order valence-electron chi connectivity index (χ0n) is 26.3. The molecule has 0 radical (unpaired) electrons. The van der Waals surface area contributed by atoms with Gasteiger partial charge in [0.05, 0.1) is 22.1 Å². The molecule has 7 aromatic carbocycles. The van der Waals surface area contributed by atoms with Gasteiger partial charge in [0, 0.05) is 47.9 Å². The highest BCUT2D eigenvalue weighted by Crippen LogP contribution is 2.42. The number of para-hydroxylation sites is 3. The Morgan fingerprint density at radius 2 is 1.19 bits per heavy atom. The van der Waals surface area contributed by atoms with Crippen molar-refractivity contribution in [3.05, 3.63) is 163 Å². The fourth-order valence-corrected chi connectivity index (χ4v) is 8.69. The summed E-state index contributed by atoms with van der Waals surface area (Å²) in [5, 5.41) is 5.14. The van der Waals surface area contributed by atoms with Crippen LogP contribution in [0.5, 0.6) is 0 Å². The molecule has 0 spiro atoms. The van der Waals surface area contributed by atoms with Gasteiger partial charge >= 0.3 is 0 Å². The Morgan fingerprint density at radius 3 is 2.10 bits per heavy atom. The first-order valence-corrected chi connectivity index (χ1v) is 17.1. The lowest BCUT2D eigenvalue weighted by molar-refractivity contribution is 1.10. The number of aromatic nitrogens is 3. The lowest BCUT2D eigenvalue weighted by Crippen LogP contribution is -1.99. The van der Waals surface area contributed by atoms with Crippen molar-refractivity contribution in [2.75, 3.05) is 0 Å². The number of aryl methyl sites for hydroxylation is 1. The first-order valence-electron chi connectivity index (χ1n) is 16.3. The second-order valence-electron chi connectivity index (χ2n) is 12.5. The molecule has 0 saturated heterocycles. The van der Waals surface area contributed by atoms with Crippen LogP contribution in [0.3, 0.4) is 0 Å². The van der Waals surface area contributed by atoms with E-state index in [4.69, 9.17) is 4.98 Å². The largest absolute Gasteiger partial charge is 0.309 e. The van der Waals surface area contributed by atoms with Crippen LogP contribution in [0.2, 0.25) is 0 Å². The second kappa shape index (κ2) is 10.5. The lowest BCUT2D eigenvalue weighted by atomic mass is 10.0. The molecule has 0 amide bonds. The normalized spacial score (nSPS) is 11.9. The van der Waals surface area contributed by atoms with Gasteiger partial charge in [0.1, 0.15) is 5.82 Å². The van der Waals surface area contributed by atoms with Crippen molar-refractivity contribution in [2.24, 2.45) is 0 Å². The standard InChI is InChI=1S/C44H29N3S/c1-28-12-9-22-40-42(28)45-44(47(40)31-14-3-2-4-15-31)30-13-10-16-32(26-30)46-38-21-7-5-17-34(38)37-27-29(24-25-39(37)46)33-19-11-20-36-35-18-6-8-23-41(35)48-43(33)36/h2-27H,1H3. The van der Waals surface area contributed by atoms with Crippen LogP contribution in [0.15, 0.2) is 158 Å². The van der Waals surface area contributed by atoms with Crippen LogP contribution in [-0.2, 0) is 0 Å². The van der Waals surface area contributed by atoms with Crippen LogP contribution in [-0.4, -0.2) is 14.1 Å². The molecule has 0 aliphatic rings. The van der Waals surface area contributed by atoms with Crippen molar-refractivity contribution in [3.8, 4) is 33.9 Å². The van der Waals surface area contributed by atoms with Gasteiger partial charge in [-0.3, -0.25) is 4.57 Å². The monoisotopic (exact) mass is 631 g/mol. The van der Waals surface area contributed by atoms with Gasteiger partial charge in [-0.2, -0.15) is 0 Å². The van der Waals surface area contributed by atoms with Crippen LogP contribution in [0.1, 0.15) is 5.56 Å². The highest BCUT2D eigenvalue weighted by molar-refractivity contribution is 7.26. The Morgan fingerprint density at radius 1 is 0.479 bits per heavy atom. The van der Waals surface area contributed by atoms with E-state index in [1.165, 1.54) is 58.7 Å². The maximum atomic E-state index is 5.25. The van der Waals surface area contributed by atoms with Crippen LogP contribution < -0.4 is 0 Å². The summed E-state index contributed by atoms with van der Waals surface area (Å²) in [5.74, 6) is 0.937. The van der Waals surface area contributed by atoms with E-state index in [0.717, 1.165) is 33.8 Å². The number of imidazole rings is 1. The van der Waals surface area contributed by atoms with E-state index in [-0.39, 0.29) is 0 Å². The molecule has 3 heterocycles. The minimum absolute atomic E-state index is 0.937. The molecule has 3 aromatic heterocycles. The number of fused-ring (bicyclic) bond motifs is 7. The fraction of sp³-hybridized carbons (Fsp3) is 0.0227. The van der Waals surface area contributed by atoms with Gasteiger partial charge in [-0.1, -0.05) is 103 Å². The molecule has 10 rings (SSSR count). The number of hydrogen-bond donors (Lipinski definition) is 0. The summed E-state index contributed by atoms with van der Waals surface area (Å²) in [6.07, 6.45) is 0. The van der Waals surface area contributed by atoms with Crippen LogP contribution in [0.4, 0.5) is 0 Å². The third kappa shape index (κ3) is 4.03. The van der Waals surface area contributed by atoms with Gasteiger partial charge in [-0.25, -0.2) is 4.98 Å². The van der Waals surface area contributed by atoms with Crippen LogP contribution in [0, 0.1) is 6.92 Å². The van der Waals surface area contributed by atoms with Gasteiger partial charge in [0.2, 0.25) is 0 Å². The third-order valence-corrected chi connectivity index (χ3v) is 10.9. The first kappa shape index (κ1) is 27.2. The molecule has 0 bridgehead atoms. The molecule has 0 atom stereocenters. The molecule has 48 heavy (non-hydrogen) atoms. The summed E-state index contributed by atoms with van der Waals surface area (Å²) in [6, 6.07) is 57.0. The maximum Gasteiger partial charge on any atom is 0.145 e. The predicted octanol–water partition coefficient (Wildman–Crippen LogP) is 12.1. The van der Waals surface area contributed by atoms with E-state index in [2.05, 4.69) is 174 Å². The van der Waals surface area contributed by atoms with Crippen molar-refractivity contribution >= 4 is 64.3 Å². The zero-order chi connectivity index (χ0) is 31.8. The average molecular weight is 632 g/mol. The highest BCUT2D eigenvalue weighted by atomic mass is 32.1. The summed E-state index contributed by atoms with van der Waals surface area (Å²) in [7, 11) is 0. The Hall–Kier alpha value is -5.97. The van der Waals surface area contributed by atoms with E-state index in [1.54, 1.807) is 0 Å². The van der Waals surface area contributed by atoms with Crippen molar-refractivity contribution in [1.82, 2.24) is 14.1 Å². The van der Waals surface area contributed by atoms with Crippen LogP contribution >= 0.6 is 11.3 Å². The number of hydrogen-bond acceptors (Lipinski definition) is 2. The Labute approximate surface area is 281 Å². The quantitative estimate of drug-likeness (QED) is 0.189. The number of thiophene rings is 1. The average Bonchev–Trinajstić information content (AvgIpc) is 3.82. The van der Waals surface area contributed by atoms with Gasteiger partial charge < -0.3 is 4.57 Å². The molecule has 10 aromatic rings. The van der Waals surface area contributed by atoms with Crippen molar-refractivity contribution in [2.45, 2.75) is 6.92 Å². The van der Waals surface area contributed by atoms with Gasteiger partial charge in [0.25, 0.3) is 0 Å².